The normalized spacial score (nSPS) is 23.2. The van der Waals surface area contributed by atoms with E-state index in [0.717, 1.165) is 32.5 Å². The highest BCUT2D eigenvalue weighted by atomic mass is 16.3. The van der Waals surface area contributed by atoms with Gasteiger partial charge in [0.05, 0.1) is 6.04 Å². The number of likely N-dealkylation sites (N-methyl/N-ethyl adjacent to an activating group) is 1. The summed E-state index contributed by atoms with van der Waals surface area (Å²) in [5.41, 5.74) is 0.588. The molecule has 2 heterocycles. The van der Waals surface area contributed by atoms with Crippen LogP contribution in [-0.4, -0.2) is 77.4 Å². The van der Waals surface area contributed by atoms with Gasteiger partial charge in [-0.05, 0) is 37.1 Å². The molecule has 0 aromatic heterocycles. The average molecular weight is 317 g/mol. The molecule has 0 unspecified atom stereocenters. The van der Waals surface area contributed by atoms with Crippen LogP contribution in [0.15, 0.2) is 24.3 Å². The van der Waals surface area contributed by atoms with Crippen molar-refractivity contribution in [3.05, 3.63) is 29.8 Å². The second-order valence-electron chi connectivity index (χ2n) is 6.29. The van der Waals surface area contributed by atoms with Crippen molar-refractivity contribution in [2.45, 2.75) is 18.9 Å². The minimum absolute atomic E-state index is 0.0169. The number of carbonyl (C=O) groups excluding carboxylic acids is 2. The maximum absolute atomic E-state index is 12.5. The van der Waals surface area contributed by atoms with Crippen LogP contribution in [0, 0.1) is 0 Å². The first-order valence-corrected chi connectivity index (χ1v) is 8.13. The number of piperidine rings is 1. The van der Waals surface area contributed by atoms with Gasteiger partial charge in [-0.25, -0.2) is 0 Å². The van der Waals surface area contributed by atoms with Crippen molar-refractivity contribution in [2.75, 3.05) is 39.8 Å². The van der Waals surface area contributed by atoms with E-state index < -0.39 is 0 Å². The molecule has 0 bridgehead atoms. The summed E-state index contributed by atoms with van der Waals surface area (Å²) in [6.07, 6.45) is 1.95. The molecular formula is C17H23N3O3. The Morgan fingerprint density at radius 3 is 2.39 bits per heavy atom. The van der Waals surface area contributed by atoms with Crippen LogP contribution in [0.1, 0.15) is 23.2 Å². The number of amides is 2. The summed E-state index contributed by atoms with van der Waals surface area (Å²) >= 11 is 0. The van der Waals surface area contributed by atoms with Gasteiger partial charge >= 0.3 is 0 Å². The van der Waals surface area contributed by atoms with Crippen molar-refractivity contribution in [1.82, 2.24) is 14.7 Å². The lowest BCUT2D eigenvalue weighted by molar-refractivity contribution is -0.139. The minimum atomic E-state index is -0.0281. The van der Waals surface area contributed by atoms with Gasteiger partial charge in [-0.15, -0.1) is 0 Å². The van der Waals surface area contributed by atoms with E-state index in [1.165, 1.54) is 12.1 Å². The van der Waals surface area contributed by atoms with E-state index in [4.69, 9.17) is 0 Å². The predicted octanol–water partition coefficient (Wildman–Crippen LogP) is 0.771. The van der Waals surface area contributed by atoms with Crippen LogP contribution in [0.25, 0.3) is 0 Å². The Morgan fingerprint density at radius 2 is 1.74 bits per heavy atom. The molecule has 1 N–H and O–H groups in total. The number of nitrogens with zero attached hydrogens (tertiary/aromatic N) is 3. The zero-order valence-electron chi connectivity index (χ0n) is 13.4. The maximum Gasteiger partial charge on any atom is 0.253 e. The highest BCUT2D eigenvalue weighted by molar-refractivity contribution is 5.94. The van der Waals surface area contributed by atoms with Crippen LogP contribution in [0.5, 0.6) is 5.75 Å². The van der Waals surface area contributed by atoms with Crippen LogP contribution in [0.4, 0.5) is 0 Å². The number of aromatic hydroxyl groups is 1. The number of phenols is 1. The number of phenolic OH excluding ortho intramolecular Hbond substituents is 1. The van der Waals surface area contributed by atoms with Crippen LogP contribution in [-0.2, 0) is 4.79 Å². The molecule has 1 aromatic rings. The maximum atomic E-state index is 12.5. The topological polar surface area (TPSA) is 64.1 Å². The highest BCUT2D eigenvalue weighted by Gasteiger charge is 2.34. The number of hydrogen-bond acceptors (Lipinski definition) is 4. The summed E-state index contributed by atoms with van der Waals surface area (Å²) in [6, 6.07) is 6.31. The standard InChI is InChI=1S/C17H23N3O3/c1-18-8-2-3-15(17(18)23)19-9-11-20(12-10-19)16(22)13-4-6-14(21)7-5-13/h4-7,15,21H,2-3,8-12H2,1H3/t15-/m1/s1. The van der Waals surface area contributed by atoms with Crippen LogP contribution in [0.2, 0.25) is 0 Å². The summed E-state index contributed by atoms with van der Waals surface area (Å²) in [7, 11) is 1.86. The molecule has 2 aliphatic heterocycles. The van der Waals surface area contributed by atoms with Crippen molar-refractivity contribution in [1.29, 1.82) is 0 Å². The molecule has 1 aromatic carbocycles. The zero-order chi connectivity index (χ0) is 16.4. The Labute approximate surface area is 136 Å². The number of hydrogen-bond donors (Lipinski definition) is 1. The molecule has 2 amide bonds. The van der Waals surface area contributed by atoms with E-state index in [1.54, 1.807) is 12.1 Å². The van der Waals surface area contributed by atoms with Gasteiger partial charge < -0.3 is 14.9 Å². The molecule has 0 aliphatic carbocycles. The minimum Gasteiger partial charge on any atom is -0.508 e. The Kier molecular flexibility index (Phi) is 4.52. The third-order valence-electron chi connectivity index (χ3n) is 4.79. The highest BCUT2D eigenvalue weighted by Crippen LogP contribution is 2.19. The lowest BCUT2D eigenvalue weighted by Gasteiger charge is -2.41. The molecule has 2 aliphatic rings. The Hall–Kier alpha value is -2.08. The number of carbonyl (C=O) groups is 2. The summed E-state index contributed by atoms with van der Waals surface area (Å²) in [6.45, 7) is 3.57. The van der Waals surface area contributed by atoms with Crippen LogP contribution in [0.3, 0.4) is 0 Å². The van der Waals surface area contributed by atoms with Crippen molar-refractivity contribution in [3.8, 4) is 5.75 Å². The monoisotopic (exact) mass is 317 g/mol. The molecule has 0 saturated carbocycles. The van der Waals surface area contributed by atoms with Crippen LogP contribution < -0.4 is 0 Å². The fourth-order valence-corrected chi connectivity index (χ4v) is 3.37. The van der Waals surface area contributed by atoms with Gasteiger partial charge in [-0.3, -0.25) is 14.5 Å². The largest absolute Gasteiger partial charge is 0.508 e. The van der Waals surface area contributed by atoms with E-state index >= 15 is 0 Å². The molecule has 3 rings (SSSR count). The Balaban J connectivity index is 1.59. The van der Waals surface area contributed by atoms with E-state index in [1.807, 2.05) is 16.8 Å². The van der Waals surface area contributed by atoms with Crippen molar-refractivity contribution in [2.24, 2.45) is 0 Å². The number of benzene rings is 1. The van der Waals surface area contributed by atoms with Gasteiger partial charge in [0.15, 0.2) is 0 Å². The first kappa shape index (κ1) is 15.8. The SMILES string of the molecule is CN1CCC[C@@H](N2CCN(C(=O)c3ccc(O)cc3)CC2)C1=O. The van der Waals surface area contributed by atoms with E-state index in [-0.39, 0.29) is 23.6 Å². The second kappa shape index (κ2) is 6.58. The fraction of sp³-hybridized carbons (Fsp3) is 0.529. The predicted molar refractivity (Wildman–Crippen MR) is 86.2 cm³/mol. The van der Waals surface area contributed by atoms with Gasteiger partial charge in [-0.1, -0.05) is 0 Å². The second-order valence-corrected chi connectivity index (χ2v) is 6.29. The lowest BCUT2D eigenvalue weighted by Crippen LogP contribution is -2.57. The molecule has 6 heteroatoms. The number of piperazine rings is 1. The Bertz CT molecular complexity index is 579. The van der Waals surface area contributed by atoms with E-state index in [9.17, 15) is 14.7 Å². The third-order valence-corrected chi connectivity index (χ3v) is 4.79. The van der Waals surface area contributed by atoms with Gasteiger partial charge in [0, 0.05) is 45.3 Å². The van der Waals surface area contributed by atoms with E-state index in [2.05, 4.69) is 4.90 Å². The molecular weight excluding hydrogens is 294 g/mol. The lowest BCUT2D eigenvalue weighted by atomic mass is 10.0. The molecule has 0 radical (unpaired) electrons. The summed E-state index contributed by atoms with van der Waals surface area (Å²) in [5, 5.41) is 9.31. The first-order chi connectivity index (χ1) is 11.1. The van der Waals surface area contributed by atoms with Gasteiger partial charge in [0.2, 0.25) is 5.91 Å². The molecule has 6 nitrogen and oxygen atoms in total. The summed E-state index contributed by atoms with van der Waals surface area (Å²) in [5.74, 6) is 0.345. The number of likely N-dealkylation sites (tertiary alicyclic amines) is 1. The van der Waals surface area contributed by atoms with Crippen LogP contribution >= 0.6 is 0 Å². The van der Waals surface area contributed by atoms with Gasteiger partial charge in [0.1, 0.15) is 5.75 Å². The van der Waals surface area contributed by atoms with Crippen molar-refractivity contribution in [3.63, 3.8) is 0 Å². The van der Waals surface area contributed by atoms with E-state index in [0.29, 0.717) is 18.7 Å². The molecule has 1 atom stereocenters. The molecule has 0 spiro atoms. The number of rotatable bonds is 2. The quantitative estimate of drug-likeness (QED) is 0.875. The molecule has 23 heavy (non-hydrogen) atoms. The molecule has 124 valence electrons. The zero-order valence-corrected chi connectivity index (χ0v) is 13.4. The Morgan fingerprint density at radius 1 is 1.09 bits per heavy atom. The van der Waals surface area contributed by atoms with Gasteiger partial charge in [-0.2, -0.15) is 0 Å². The van der Waals surface area contributed by atoms with Gasteiger partial charge in [0.25, 0.3) is 5.91 Å². The first-order valence-electron chi connectivity index (χ1n) is 8.13. The third kappa shape index (κ3) is 3.32. The van der Waals surface area contributed by atoms with Crippen molar-refractivity contribution < 1.29 is 14.7 Å². The molecule has 2 saturated heterocycles. The average Bonchev–Trinajstić information content (AvgIpc) is 2.58. The fourth-order valence-electron chi connectivity index (χ4n) is 3.37. The smallest absolute Gasteiger partial charge is 0.253 e. The summed E-state index contributed by atoms with van der Waals surface area (Å²) < 4.78 is 0. The summed E-state index contributed by atoms with van der Waals surface area (Å²) in [4.78, 5) is 30.6. The molecule has 2 fully saturated rings. The van der Waals surface area contributed by atoms with Crippen molar-refractivity contribution >= 4 is 11.8 Å².